The van der Waals surface area contributed by atoms with Gasteiger partial charge >= 0.3 is 0 Å². The van der Waals surface area contributed by atoms with Crippen LogP contribution in [-0.4, -0.2) is 12.5 Å². The summed E-state index contributed by atoms with van der Waals surface area (Å²) in [5, 5.41) is 0. The normalized spacial score (nSPS) is 36.5. The second-order valence-corrected chi connectivity index (χ2v) is 4.18. The maximum atomic E-state index is 11.6. The van der Waals surface area contributed by atoms with E-state index in [1.165, 1.54) is 19.3 Å². The molecule has 2 bridgehead atoms. The Morgan fingerprint density at radius 3 is 2.85 bits per heavy atom. The number of hydrogen-bond donors (Lipinski definition) is 1. The highest BCUT2D eigenvalue weighted by molar-refractivity contribution is 5.78. The van der Waals surface area contributed by atoms with Crippen LogP contribution in [0, 0.1) is 17.8 Å². The van der Waals surface area contributed by atoms with Crippen molar-refractivity contribution in [2.45, 2.75) is 32.6 Å². The third kappa shape index (κ3) is 1.70. The lowest BCUT2D eigenvalue weighted by atomic mass is 9.88. The van der Waals surface area contributed by atoms with E-state index in [1.54, 1.807) is 0 Å². The molecule has 0 radical (unpaired) electrons. The van der Waals surface area contributed by atoms with Crippen molar-refractivity contribution < 1.29 is 9.63 Å². The van der Waals surface area contributed by atoms with Gasteiger partial charge in [-0.2, -0.15) is 0 Å². The van der Waals surface area contributed by atoms with Crippen LogP contribution in [0.5, 0.6) is 0 Å². The van der Waals surface area contributed by atoms with Gasteiger partial charge in [-0.3, -0.25) is 9.63 Å². The van der Waals surface area contributed by atoms with Crippen molar-refractivity contribution in [1.29, 1.82) is 0 Å². The van der Waals surface area contributed by atoms with E-state index in [-0.39, 0.29) is 11.8 Å². The first-order valence-electron chi connectivity index (χ1n) is 5.23. The van der Waals surface area contributed by atoms with Crippen LogP contribution in [0.1, 0.15) is 32.6 Å². The minimum absolute atomic E-state index is 0.106. The molecule has 2 aliphatic rings. The fourth-order valence-electron chi connectivity index (χ4n) is 2.78. The molecule has 1 N–H and O–H groups in total. The number of nitrogens with one attached hydrogen (secondary N) is 1. The van der Waals surface area contributed by atoms with E-state index in [4.69, 9.17) is 4.84 Å². The van der Waals surface area contributed by atoms with Gasteiger partial charge in [-0.1, -0.05) is 6.42 Å². The second kappa shape index (κ2) is 3.66. The Hall–Kier alpha value is -0.570. The molecule has 2 fully saturated rings. The molecule has 0 spiro atoms. The van der Waals surface area contributed by atoms with E-state index in [0.29, 0.717) is 12.5 Å². The number of hydrogen-bond acceptors (Lipinski definition) is 2. The third-order valence-corrected chi connectivity index (χ3v) is 3.39. The summed E-state index contributed by atoms with van der Waals surface area (Å²) in [6.45, 7) is 2.42. The Kier molecular flexibility index (Phi) is 2.54. The quantitative estimate of drug-likeness (QED) is 0.673. The molecular weight excluding hydrogens is 166 g/mol. The molecule has 3 heteroatoms. The summed E-state index contributed by atoms with van der Waals surface area (Å²) in [7, 11) is 0. The standard InChI is InChI=1S/C10H17NO2/c1-2-13-11-10(12)9-6-7-3-4-8(9)5-7/h7-9H,2-6H2,1H3,(H,11,12). The van der Waals surface area contributed by atoms with Gasteiger partial charge in [-0.25, -0.2) is 5.48 Å². The molecule has 0 heterocycles. The molecule has 3 nitrogen and oxygen atoms in total. The number of carbonyl (C=O) groups excluding carboxylic acids is 1. The van der Waals surface area contributed by atoms with E-state index in [2.05, 4.69) is 5.48 Å². The fourth-order valence-corrected chi connectivity index (χ4v) is 2.78. The van der Waals surface area contributed by atoms with Crippen molar-refractivity contribution in [2.24, 2.45) is 17.8 Å². The highest BCUT2D eigenvalue weighted by Gasteiger charge is 2.43. The average Bonchev–Trinajstić information content (AvgIpc) is 2.74. The van der Waals surface area contributed by atoms with Crippen LogP contribution in [0.3, 0.4) is 0 Å². The van der Waals surface area contributed by atoms with Crippen molar-refractivity contribution in [3.8, 4) is 0 Å². The highest BCUT2D eigenvalue weighted by Crippen LogP contribution is 2.48. The van der Waals surface area contributed by atoms with Gasteiger partial charge in [0.15, 0.2) is 0 Å². The molecule has 2 aliphatic carbocycles. The molecule has 0 aromatic carbocycles. The van der Waals surface area contributed by atoms with E-state index in [1.807, 2.05) is 6.92 Å². The SMILES string of the molecule is CCONC(=O)C1CC2CCC1C2. The fraction of sp³-hybridized carbons (Fsp3) is 0.900. The maximum absolute atomic E-state index is 11.6. The lowest BCUT2D eigenvalue weighted by molar-refractivity contribution is -0.139. The van der Waals surface area contributed by atoms with Gasteiger partial charge in [0.25, 0.3) is 0 Å². The van der Waals surface area contributed by atoms with Crippen LogP contribution < -0.4 is 5.48 Å². The van der Waals surface area contributed by atoms with Crippen molar-refractivity contribution in [2.75, 3.05) is 6.61 Å². The Bertz CT molecular complexity index is 205. The molecule has 3 atom stereocenters. The smallest absolute Gasteiger partial charge is 0.246 e. The molecule has 0 saturated heterocycles. The highest BCUT2D eigenvalue weighted by atomic mass is 16.6. The number of hydroxylamine groups is 1. The van der Waals surface area contributed by atoms with Crippen LogP contribution in [0.25, 0.3) is 0 Å². The first-order chi connectivity index (χ1) is 6.31. The minimum atomic E-state index is 0.106. The van der Waals surface area contributed by atoms with Gasteiger partial charge in [0.1, 0.15) is 0 Å². The van der Waals surface area contributed by atoms with E-state index in [0.717, 1.165) is 12.3 Å². The predicted molar refractivity (Wildman–Crippen MR) is 48.7 cm³/mol. The topological polar surface area (TPSA) is 38.3 Å². The summed E-state index contributed by atoms with van der Waals surface area (Å²) < 4.78 is 0. The van der Waals surface area contributed by atoms with Crippen LogP contribution in [0.2, 0.25) is 0 Å². The molecule has 74 valence electrons. The first kappa shape index (κ1) is 9.00. The summed E-state index contributed by atoms with van der Waals surface area (Å²) in [6.07, 6.45) is 4.94. The molecule has 1 amide bonds. The largest absolute Gasteiger partial charge is 0.274 e. The number of fused-ring (bicyclic) bond motifs is 2. The second-order valence-electron chi connectivity index (χ2n) is 4.18. The Morgan fingerprint density at radius 2 is 2.31 bits per heavy atom. The molecule has 2 rings (SSSR count). The molecule has 3 unspecified atom stereocenters. The van der Waals surface area contributed by atoms with E-state index >= 15 is 0 Å². The van der Waals surface area contributed by atoms with Crippen LogP contribution in [0.15, 0.2) is 0 Å². The van der Waals surface area contributed by atoms with Gasteiger partial charge < -0.3 is 0 Å². The summed E-state index contributed by atoms with van der Waals surface area (Å²) >= 11 is 0. The van der Waals surface area contributed by atoms with E-state index < -0.39 is 0 Å². The van der Waals surface area contributed by atoms with Crippen molar-refractivity contribution >= 4 is 5.91 Å². The van der Waals surface area contributed by atoms with Gasteiger partial charge in [0.05, 0.1) is 6.61 Å². The van der Waals surface area contributed by atoms with Crippen molar-refractivity contribution in [1.82, 2.24) is 5.48 Å². The zero-order chi connectivity index (χ0) is 9.26. The Morgan fingerprint density at radius 1 is 1.46 bits per heavy atom. The van der Waals surface area contributed by atoms with Crippen molar-refractivity contribution in [3.63, 3.8) is 0 Å². The Labute approximate surface area is 78.8 Å². The van der Waals surface area contributed by atoms with Gasteiger partial charge in [-0.05, 0) is 38.0 Å². The van der Waals surface area contributed by atoms with Crippen LogP contribution >= 0.6 is 0 Å². The third-order valence-electron chi connectivity index (χ3n) is 3.39. The average molecular weight is 183 g/mol. The number of carbonyl (C=O) groups is 1. The molecule has 13 heavy (non-hydrogen) atoms. The minimum Gasteiger partial charge on any atom is -0.274 e. The summed E-state index contributed by atoms with van der Waals surface area (Å²) in [6, 6.07) is 0. The Balaban J connectivity index is 1.84. The van der Waals surface area contributed by atoms with Gasteiger partial charge in [-0.15, -0.1) is 0 Å². The molecule has 0 aromatic heterocycles. The lowest BCUT2D eigenvalue weighted by Crippen LogP contribution is -2.33. The number of amides is 1. The van der Waals surface area contributed by atoms with Crippen molar-refractivity contribution in [3.05, 3.63) is 0 Å². The van der Waals surface area contributed by atoms with Crippen LogP contribution in [0.4, 0.5) is 0 Å². The zero-order valence-electron chi connectivity index (χ0n) is 8.08. The van der Waals surface area contributed by atoms with Crippen LogP contribution in [-0.2, 0) is 9.63 Å². The van der Waals surface area contributed by atoms with Gasteiger partial charge in [0, 0.05) is 5.92 Å². The molecule has 0 aromatic rings. The monoisotopic (exact) mass is 183 g/mol. The lowest BCUT2D eigenvalue weighted by Gasteiger charge is -2.20. The summed E-state index contributed by atoms with van der Waals surface area (Å²) in [5.74, 6) is 1.81. The molecule has 0 aliphatic heterocycles. The van der Waals surface area contributed by atoms with E-state index in [9.17, 15) is 4.79 Å². The molecular formula is C10H17NO2. The predicted octanol–water partition coefficient (Wildman–Crippen LogP) is 1.49. The number of rotatable bonds is 3. The first-order valence-corrected chi connectivity index (χ1v) is 5.23. The van der Waals surface area contributed by atoms with Gasteiger partial charge in [0.2, 0.25) is 5.91 Å². The zero-order valence-corrected chi connectivity index (χ0v) is 8.08. The maximum Gasteiger partial charge on any atom is 0.246 e. The summed E-state index contributed by atoms with van der Waals surface area (Å²) in [4.78, 5) is 16.5. The molecule has 2 saturated carbocycles. The summed E-state index contributed by atoms with van der Waals surface area (Å²) in [5.41, 5.74) is 2.52.